The molecule has 0 aliphatic rings. The van der Waals surface area contributed by atoms with Gasteiger partial charge in [-0.2, -0.15) is 0 Å². The molecule has 84 valence electrons. The third-order valence-electron chi connectivity index (χ3n) is 0.773. The van der Waals surface area contributed by atoms with Crippen molar-refractivity contribution in [1.82, 2.24) is 0 Å². The molecule has 3 nitrogen and oxygen atoms in total. The Balaban J connectivity index is -0.0000000163. The van der Waals surface area contributed by atoms with Crippen LogP contribution in [0.5, 0.6) is 0 Å². The molecular weight excluding hydrogens is 1210 g/mol. The van der Waals surface area contributed by atoms with E-state index in [-0.39, 0.29) is 126 Å². The molecule has 0 fully saturated rings. The van der Waals surface area contributed by atoms with Crippen molar-refractivity contribution in [2.24, 2.45) is 0 Å². The van der Waals surface area contributed by atoms with E-state index in [1.807, 2.05) is 6.92 Å². The summed E-state index contributed by atoms with van der Waals surface area (Å²) in [5.41, 5.74) is 6.46. The van der Waals surface area contributed by atoms with Gasteiger partial charge in [0.05, 0.1) is 0 Å². The number of hydrogen-bond donors (Lipinski definition) is 0. The molecule has 0 heterocycles. The Morgan fingerprint density at radius 2 is 1.43 bits per heavy atom. The molecule has 0 aromatic heterocycles. The Bertz CT molecular complexity index is 83.9. The number of hydrogen-bond acceptors (Lipinski definition) is 0. The average molecular weight is 1220 g/mol. The van der Waals surface area contributed by atoms with Gasteiger partial charge in [-0.15, -0.1) is 6.54 Å². The summed E-state index contributed by atoms with van der Waals surface area (Å²) in [6.45, 7) is 2.61. The number of nitrogens with one attached hydrogen (secondary N) is 1. The van der Waals surface area contributed by atoms with Gasteiger partial charge in [0.15, 0.2) is 0 Å². The van der Waals surface area contributed by atoms with Crippen LogP contribution in [0, 0.1) is 0 Å². The molecule has 0 rings (SSSR count). The second-order valence-electron chi connectivity index (χ2n) is 1.56. The van der Waals surface area contributed by atoms with Crippen LogP contribution in [0.3, 0.4) is 0 Å². The number of nitrogens with zero attached hydrogens (tertiary/aromatic N) is 2. The molecule has 0 saturated carbocycles. The molecule has 0 radical (unpaired) electrons. The minimum absolute atomic E-state index is 0. The summed E-state index contributed by atoms with van der Waals surface area (Å²) in [6.07, 6.45) is 2.00. The first-order chi connectivity index (χ1) is 3.77. The van der Waals surface area contributed by atoms with E-state index >= 15 is 0 Å². The van der Waals surface area contributed by atoms with E-state index in [2.05, 4.69) is 5.32 Å². The molecule has 0 aromatic carbocycles. The number of unbranched alkanes of at least 4 members (excludes halogenated alkanes) is 1. The van der Waals surface area contributed by atoms with E-state index in [0.717, 1.165) is 12.8 Å². The summed E-state index contributed by atoms with van der Waals surface area (Å²) < 4.78 is 0. The third-order valence-corrected chi connectivity index (χ3v) is 0.773. The fourth-order valence-corrected chi connectivity index (χ4v) is 0.343. The molecular formula is C5H10N3W6-3. The van der Waals surface area contributed by atoms with Crippen molar-refractivity contribution in [2.45, 2.75) is 19.8 Å². The van der Waals surface area contributed by atoms with E-state index in [4.69, 9.17) is 11.1 Å². The predicted molar refractivity (Wildman–Crippen MR) is 35.8 cm³/mol. The summed E-state index contributed by atoms with van der Waals surface area (Å²) in [5, 5.41) is 11.6. The van der Waals surface area contributed by atoms with Gasteiger partial charge in [0, 0.05) is 126 Å². The normalized spacial score (nSPS) is 4.93. The van der Waals surface area contributed by atoms with Gasteiger partial charge < -0.3 is 22.4 Å². The van der Waals surface area contributed by atoms with Crippen molar-refractivity contribution in [1.29, 1.82) is 0 Å². The van der Waals surface area contributed by atoms with Crippen LogP contribution in [-0.4, -0.2) is 12.5 Å². The van der Waals surface area contributed by atoms with Crippen LogP contribution in [0.25, 0.3) is 16.5 Å². The fraction of sp³-hybridized carbons (Fsp3) is 0.800. The van der Waals surface area contributed by atoms with Crippen molar-refractivity contribution in [2.75, 3.05) is 6.54 Å². The molecule has 0 aromatic rings. The van der Waals surface area contributed by atoms with E-state index in [1.54, 1.807) is 0 Å². The molecule has 9 heteroatoms. The fourth-order valence-electron chi connectivity index (χ4n) is 0.343. The van der Waals surface area contributed by atoms with Crippen molar-refractivity contribution in [3.05, 3.63) is 16.5 Å². The zero-order valence-corrected chi connectivity index (χ0v) is 25.1. The summed E-state index contributed by atoms with van der Waals surface area (Å²) in [5.74, 6) is -0.557. The average Bonchev–Trinajstić information content (AvgIpc) is 1.66. The van der Waals surface area contributed by atoms with Gasteiger partial charge in [-0.1, -0.05) is 19.8 Å². The smallest absolute Gasteiger partial charge is 0 e. The molecule has 0 unspecified atom stereocenters. The van der Waals surface area contributed by atoms with Crippen LogP contribution in [0.15, 0.2) is 0 Å². The summed E-state index contributed by atoms with van der Waals surface area (Å²) in [6, 6.07) is 0. The molecule has 0 atom stereocenters. The Kier molecular flexibility index (Phi) is 111. The van der Waals surface area contributed by atoms with E-state index in [9.17, 15) is 0 Å². The second-order valence-corrected chi connectivity index (χ2v) is 1.56. The number of guanidine groups is 1. The Labute approximate surface area is 172 Å². The van der Waals surface area contributed by atoms with E-state index in [1.165, 1.54) is 0 Å². The standard InChI is InChI=1S/C5H10N3.6W/c1-2-3-4-8-5(6)7;;;;;;/h2-4H2,1H3,(H-3,6,7,8);;;;;;/q-3;;;;;;. The minimum Gasteiger partial charge on any atom is -0.845 e. The Hall–Kier alpha value is 3.40. The van der Waals surface area contributed by atoms with Crippen LogP contribution in [0.1, 0.15) is 19.8 Å². The molecule has 1 N–H and O–H groups in total. The van der Waals surface area contributed by atoms with Crippen molar-refractivity contribution in [3.63, 3.8) is 0 Å². The predicted octanol–water partition coefficient (Wildman–Crippen LogP) is 2.12. The van der Waals surface area contributed by atoms with Crippen LogP contribution in [0.2, 0.25) is 0 Å². The topological polar surface area (TPSA) is 60.2 Å². The molecule has 0 aliphatic carbocycles. The summed E-state index contributed by atoms with van der Waals surface area (Å²) >= 11 is 0. The van der Waals surface area contributed by atoms with Crippen LogP contribution >= 0.6 is 0 Å². The first kappa shape index (κ1) is 43.3. The van der Waals surface area contributed by atoms with Crippen molar-refractivity contribution < 1.29 is 126 Å². The first-order valence-electron chi connectivity index (χ1n) is 2.72. The SMILES string of the molecule is CCCC[N-]C(=[N-])[NH-].[W].[W].[W].[W].[W].[W]. The van der Waals surface area contributed by atoms with Gasteiger partial charge in [0.25, 0.3) is 0 Å². The summed E-state index contributed by atoms with van der Waals surface area (Å²) in [4.78, 5) is 0. The molecule has 0 aliphatic heterocycles. The van der Waals surface area contributed by atoms with E-state index < -0.39 is 5.96 Å². The van der Waals surface area contributed by atoms with Crippen molar-refractivity contribution in [3.8, 4) is 0 Å². The maximum absolute atomic E-state index is 8.20. The van der Waals surface area contributed by atoms with Crippen LogP contribution in [-0.2, 0) is 126 Å². The van der Waals surface area contributed by atoms with Crippen LogP contribution in [0.4, 0.5) is 0 Å². The first-order valence-corrected chi connectivity index (χ1v) is 2.72. The largest absolute Gasteiger partial charge is 0.845 e. The van der Waals surface area contributed by atoms with Gasteiger partial charge in [-0.05, 0) is 0 Å². The Morgan fingerprint density at radius 1 is 1.07 bits per heavy atom. The zero-order chi connectivity index (χ0) is 6.41. The molecule has 0 amide bonds. The van der Waals surface area contributed by atoms with Gasteiger partial charge in [0.2, 0.25) is 0 Å². The second kappa shape index (κ2) is 36.0. The Morgan fingerprint density at radius 3 is 1.64 bits per heavy atom. The summed E-state index contributed by atoms with van der Waals surface area (Å²) in [7, 11) is 0. The van der Waals surface area contributed by atoms with E-state index in [0.29, 0.717) is 6.54 Å². The quantitative estimate of drug-likeness (QED) is 0.237. The van der Waals surface area contributed by atoms with Gasteiger partial charge in [-0.25, -0.2) is 0 Å². The van der Waals surface area contributed by atoms with Gasteiger partial charge in [-0.3, -0.25) is 0 Å². The molecule has 0 spiro atoms. The van der Waals surface area contributed by atoms with Crippen molar-refractivity contribution >= 4 is 5.96 Å². The monoisotopic (exact) mass is 1220 g/mol. The molecule has 0 bridgehead atoms. The zero-order valence-electron chi connectivity index (χ0n) is 7.47. The third kappa shape index (κ3) is 45.3. The van der Waals surface area contributed by atoms with Crippen LogP contribution < -0.4 is 0 Å². The minimum atomic E-state index is -0.557. The van der Waals surface area contributed by atoms with Gasteiger partial charge in [0.1, 0.15) is 0 Å². The molecule has 0 saturated heterocycles. The maximum Gasteiger partial charge on any atom is 0 e. The molecule has 14 heavy (non-hydrogen) atoms. The van der Waals surface area contributed by atoms with Gasteiger partial charge >= 0.3 is 0 Å². The number of rotatable bonds is 3. The maximum atomic E-state index is 8.20.